The summed E-state index contributed by atoms with van der Waals surface area (Å²) in [5, 5.41) is 4.32. The van der Waals surface area contributed by atoms with E-state index in [0.717, 1.165) is 49.6 Å². The minimum absolute atomic E-state index is 0.163. The molecule has 0 N–H and O–H groups in total. The predicted octanol–water partition coefficient (Wildman–Crippen LogP) is 2.24. The second kappa shape index (κ2) is 7.11. The number of fused-ring (bicyclic) bond motifs is 1. The number of anilines is 1. The number of carbonyl (C=O) groups is 1. The fourth-order valence-electron chi connectivity index (χ4n) is 3.40. The second-order valence-electron chi connectivity index (χ2n) is 6.49. The van der Waals surface area contributed by atoms with Crippen molar-refractivity contribution in [3.8, 4) is 11.3 Å². The molecule has 0 aliphatic carbocycles. The Morgan fingerprint density at radius 1 is 1.15 bits per heavy atom. The van der Waals surface area contributed by atoms with E-state index >= 15 is 0 Å². The lowest BCUT2D eigenvalue weighted by molar-refractivity contribution is -0.129. The molecule has 0 spiro atoms. The van der Waals surface area contributed by atoms with Gasteiger partial charge in [-0.15, -0.1) is 0 Å². The maximum atomic E-state index is 12.6. The van der Waals surface area contributed by atoms with Gasteiger partial charge < -0.3 is 9.80 Å². The van der Waals surface area contributed by atoms with Crippen LogP contribution in [0.25, 0.3) is 17.0 Å². The predicted molar refractivity (Wildman–Crippen MR) is 99.9 cm³/mol. The summed E-state index contributed by atoms with van der Waals surface area (Å²) < 4.78 is 1.72. The van der Waals surface area contributed by atoms with Gasteiger partial charge in [-0.2, -0.15) is 14.6 Å². The Labute approximate surface area is 152 Å². The second-order valence-corrected chi connectivity index (χ2v) is 6.49. The van der Waals surface area contributed by atoms with Gasteiger partial charge >= 0.3 is 0 Å². The van der Waals surface area contributed by atoms with Crippen LogP contribution >= 0.6 is 0 Å². The maximum Gasteiger partial charge on any atom is 0.254 e. The topological polar surface area (TPSA) is 66.6 Å². The molecule has 3 heterocycles. The number of nitrogens with zero attached hydrogens (tertiary/aromatic N) is 6. The molecule has 134 valence electrons. The molecule has 0 radical (unpaired) electrons. The SMILES string of the molecule is CCCN1CCCN(c2cc(-c3ccccc3)nc3ncnn23)CC1=O. The van der Waals surface area contributed by atoms with Crippen LogP contribution < -0.4 is 4.90 Å². The van der Waals surface area contributed by atoms with E-state index in [1.54, 1.807) is 4.52 Å². The lowest BCUT2D eigenvalue weighted by atomic mass is 10.1. The number of hydrogen-bond acceptors (Lipinski definition) is 5. The number of benzene rings is 1. The molecule has 7 heteroatoms. The zero-order valence-corrected chi connectivity index (χ0v) is 14.9. The van der Waals surface area contributed by atoms with Gasteiger partial charge in [-0.05, 0) is 12.8 Å². The number of aromatic nitrogens is 4. The van der Waals surface area contributed by atoms with Gasteiger partial charge in [-0.1, -0.05) is 37.3 Å². The van der Waals surface area contributed by atoms with E-state index in [0.29, 0.717) is 12.3 Å². The number of rotatable bonds is 4. The first-order valence-corrected chi connectivity index (χ1v) is 9.05. The molecule has 0 unspecified atom stereocenters. The van der Waals surface area contributed by atoms with Gasteiger partial charge in [-0.25, -0.2) is 4.98 Å². The Kier molecular flexibility index (Phi) is 4.51. The van der Waals surface area contributed by atoms with Gasteiger partial charge in [0, 0.05) is 31.3 Å². The molecule has 3 aromatic rings. The van der Waals surface area contributed by atoms with Crippen molar-refractivity contribution in [3.63, 3.8) is 0 Å². The minimum Gasteiger partial charge on any atom is -0.347 e. The molecule has 4 rings (SSSR count). The normalized spacial score (nSPS) is 15.5. The molecular weight excluding hydrogens is 328 g/mol. The van der Waals surface area contributed by atoms with Crippen LogP contribution in [0.5, 0.6) is 0 Å². The minimum atomic E-state index is 0.163. The van der Waals surface area contributed by atoms with E-state index in [1.807, 2.05) is 41.3 Å². The Balaban J connectivity index is 1.73. The van der Waals surface area contributed by atoms with Crippen LogP contribution in [-0.4, -0.2) is 56.6 Å². The zero-order valence-electron chi connectivity index (χ0n) is 14.9. The number of amides is 1. The largest absolute Gasteiger partial charge is 0.347 e. The van der Waals surface area contributed by atoms with E-state index in [1.165, 1.54) is 6.33 Å². The van der Waals surface area contributed by atoms with Crippen molar-refractivity contribution >= 4 is 17.5 Å². The highest BCUT2D eigenvalue weighted by molar-refractivity contribution is 5.82. The average Bonchev–Trinajstić information content (AvgIpc) is 3.07. The number of carbonyl (C=O) groups excluding carboxylic acids is 1. The molecule has 7 nitrogen and oxygen atoms in total. The Hall–Kier alpha value is -2.96. The van der Waals surface area contributed by atoms with E-state index in [4.69, 9.17) is 0 Å². The van der Waals surface area contributed by atoms with Crippen LogP contribution in [0.3, 0.4) is 0 Å². The first kappa shape index (κ1) is 16.5. The standard InChI is InChI=1S/C19H22N6O/c1-2-9-23-10-6-11-24(13-18(23)26)17-12-16(15-7-4-3-5-8-15)22-19-20-14-21-25(17)19/h3-5,7-8,12,14H,2,6,9-11,13H2,1H3. The van der Waals surface area contributed by atoms with Crippen LogP contribution in [0.2, 0.25) is 0 Å². The molecular formula is C19H22N6O. The lowest BCUT2D eigenvalue weighted by Gasteiger charge is -2.23. The molecule has 1 aromatic carbocycles. The third-order valence-corrected chi connectivity index (χ3v) is 4.65. The van der Waals surface area contributed by atoms with Crippen molar-refractivity contribution in [3.05, 3.63) is 42.7 Å². The maximum absolute atomic E-state index is 12.6. The molecule has 1 saturated heterocycles. The molecule has 1 aliphatic heterocycles. The van der Waals surface area contributed by atoms with Crippen molar-refractivity contribution in [1.82, 2.24) is 24.5 Å². The van der Waals surface area contributed by atoms with Gasteiger partial charge in [0.2, 0.25) is 5.91 Å². The van der Waals surface area contributed by atoms with Crippen LogP contribution in [0.1, 0.15) is 19.8 Å². The first-order chi connectivity index (χ1) is 12.8. The highest BCUT2D eigenvalue weighted by Gasteiger charge is 2.24. The van der Waals surface area contributed by atoms with Gasteiger partial charge in [0.1, 0.15) is 12.1 Å². The average molecular weight is 350 g/mol. The monoisotopic (exact) mass is 350 g/mol. The van der Waals surface area contributed by atoms with Crippen LogP contribution in [0.4, 0.5) is 5.82 Å². The van der Waals surface area contributed by atoms with E-state index in [9.17, 15) is 4.79 Å². The van der Waals surface area contributed by atoms with Gasteiger partial charge in [0.25, 0.3) is 5.78 Å². The fraction of sp³-hybridized carbons (Fsp3) is 0.368. The molecule has 0 bridgehead atoms. The molecule has 1 amide bonds. The van der Waals surface area contributed by atoms with Gasteiger partial charge in [0.15, 0.2) is 0 Å². The van der Waals surface area contributed by atoms with Crippen LogP contribution in [-0.2, 0) is 4.79 Å². The Bertz CT molecular complexity index is 907. The molecule has 26 heavy (non-hydrogen) atoms. The molecule has 1 fully saturated rings. The summed E-state index contributed by atoms with van der Waals surface area (Å²) in [5.41, 5.74) is 1.86. The quantitative estimate of drug-likeness (QED) is 0.722. The number of hydrogen-bond donors (Lipinski definition) is 0. The highest BCUT2D eigenvalue weighted by atomic mass is 16.2. The first-order valence-electron chi connectivity index (χ1n) is 9.05. The third-order valence-electron chi connectivity index (χ3n) is 4.65. The van der Waals surface area contributed by atoms with Crippen molar-refractivity contribution in [2.45, 2.75) is 19.8 Å². The summed E-state index contributed by atoms with van der Waals surface area (Å²) in [4.78, 5) is 25.6. The molecule has 2 aromatic heterocycles. The Morgan fingerprint density at radius 3 is 2.81 bits per heavy atom. The van der Waals surface area contributed by atoms with Gasteiger partial charge in [-0.3, -0.25) is 4.79 Å². The van der Waals surface area contributed by atoms with Crippen molar-refractivity contribution in [2.75, 3.05) is 31.1 Å². The van der Waals surface area contributed by atoms with E-state index in [-0.39, 0.29) is 5.91 Å². The fourth-order valence-corrected chi connectivity index (χ4v) is 3.40. The van der Waals surface area contributed by atoms with Crippen LogP contribution in [0, 0.1) is 0 Å². The summed E-state index contributed by atoms with van der Waals surface area (Å²) >= 11 is 0. The van der Waals surface area contributed by atoms with E-state index < -0.39 is 0 Å². The van der Waals surface area contributed by atoms with E-state index in [2.05, 4.69) is 26.9 Å². The van der Waals surface area contributed by atoms with Gasteiger partial charge in [0.05, 0.1) is 12.2 Å². The zero-order chi connectivity index (χ0) is 17.9. The highest BCUT2D eigenvalue weighted by Crippen LogP contribution is 2.24. The summed E-state index contributed by atoms with van der Waals surface area (Å²) in [5.74, 6) is 1.57. The summed E-state index contributed by atoms with van der Waals surface area (Å²) in [6.07, 6.45) is 3.42. The van der Waals surface area contributed by atoms with Crippen molar-refractivity contribution in [1.29, 1.82) is 0 Å². The molecule has 0 saturated carbocycles. The van der Waals surface area contributed by atoms with Crippen LogP contribution in [0.15, 0.2) is 42.7 Å². The molecule has 1 aliphatic rings. The third kappa shape index (κ3) is 3.12. The summed E-state index contributed by atoms with van der Waals surface area (Å²) in [6, 6.07) is 12.0. The summed E-state index contributed by atoms with van der Waals surface area (Å²) in [7, 11) is 0. The summed E-state index contributed by atoms with van der Waals surface area (Å²) in [6.45, 7) is 4.88. The smallest absolute Gasteiger partial charge is 0.254 e. The van der Waals surface area contributed by atoms with Crippen molar-refractivity contribution < 1.29 is 4.79 Å². The lowest BCUT2D eigenvalue weighted by Crippen LogP contribution is -2.37. The molecule has 0 atom stereocenters. The Morgan fingerprint density at radius 2 is 2.00 bits per heavy atom. The van der Waals surface area contributed by atoms with Crippen molar-refractivity contribution in [2.24, 2.45) is 0 Å².